The molecule has 1 N–H and O–H groups in total. The van der Waals surface area contributed by atoms with E-state index >= 15 is 0 Å². The molecule has 4 rings (SSSR count). The van der Waals surface area contributed by atoms with Gasteiger partial charge < -0.3 is 15.0 Å². The van der Waals surface area contributed by atoms with Crippen molar-refractivity contribution in [3.8, 4) is 11.5 Å². The van der Waals surface area contributed by atoms with Crippen LogP contribution in [0.2, 0.25) is 0 Å². The van der Waals surface area contributed by atoms with Crippen LogP contribution in [0, 0.1) is 0 Å². The predicted molar refractivity (Wildman–Crippen MR) is 117 cm³/mol. The fourth-order valence-electron chi connectivity index (χ4n) is 3.53. The quantitative estimate of drug-likeness (QED) is 0.628. The van der Waals surface area contributed by atoms with Crippen LogP contribution < -0.4 is 10.1 Å². The van der Waals surface area contributed by atoms with Crippen molar-refractivity contribution in [1.29, 1.82) is 0 Å². The van der Waals surface area contributed by atoms with Crippen molar-refractivity contribution in [2.75, 3.05) is 5.32 Å². The number of nitrogens with zero attached hydrogens (tertiary/aromatic N) is 1. The first-order valence-corrected chi connectivity index (χ1v) is 9.79. The lowest BCUT2D eigenvalue weighted by molar-refractivity contribution is -0.129. The molecule has 1 aliphatic rings. The summed E-state index contributed by atoms with van der Waals surface area (Å²) in [6.07, 6.45) is 3.82. The summed E-state index contributed by atoms with van der Waals surface area (Å²) in [7, 11) is 0. The maximum atomic E-state index is 12.7. The topological polar surface area (TPSA) is 58.6 Å². The van der Waals surface area contributed by atoms with Crippen molar-refractivity contribution in [1.82, 2.24) is 4.90 Å². The first-order valence-electron chi connectivity index (χ1n) is 9.79. The highest BCUT2D eigenvalue weighted by Crippen LogP contribution is 2.33. The van der Waals surface area contributed by atoms with Crippen LogP contribution in [0.25, 0.3) is 6.08 Å². The van der Waals surface area contributed by atoms with E-state index in [-0.39, 0.29) is 24.3 Å². The molecular weight excluding hydrogens is 376 g/mol. The third kappa shape index (κ3) is 4.41. The van der Waals surface area contributed by atoms with Crippen LogP contribution in [0.3, 0.4) is 0 Å². The smallest absolute Gasteiger partial charge is 0.226 e. The highest BCUT2D eigenvalue weighted by molar-refractivity contribution is 5.92. The fourth-order valence-corrected chi connectivity index (χ4v) is 3.53. The van der Waals surface area contributed by atoms with Crippen molar-refractivity contribution >= 4 is 23.6 Å². The Balaban J connectivity index is 1.43. The Morgan fingerprint density at radius 2 is 1.57 bits per heavy atom. The van der Waals surface area contributed by atoms with Crippen molar-refractivity contribution in [2.45, 2.75) is 19.4 Å². The molecule has 5 heteroatoms. The number of fused-ring (bicyclic) bond motifs is 1. The van der Waals surface area contributed by atoms with Gasteiger partial charge in [0.05, 0.1) is 12.5 Å². The number of hydrogen-bond donors (Lipinski definition) is 1. The normalized spacial score (nSPS) is 14.7. The summed E-state index contributed by atoms with van der Waals surface area (Å²) >= 11 is 0. The molecule has 0 aliphatic carbocycles. The molecule has 0 fully saturated rings. The molecule has 0 spiro atoms. The van der Waals surface area contributed by atoms with E-state index in [2.05, 4.69) is 5.32 Å². The molecule has 0 saturated heterocycles. The van der Waals surface area contributed by atoms with Gasteiger partial charge in [0, 0.05) is 18.8 Å². The minimum atomic E-state index is -0.329. The molecule has 150 valence electrons. The Bertz CT molecular complexity index is 1080. The molecule has 0 aromatic heterocycles. The Labute approximate surface area is 175 Å². The number of nitrogens with one attached hydrogen (secondary N) is 1. The summed E-state index contributed by atoms with van der Waals surface area (Å²) in [5, 5.41) is 2.91. The largest absolute Gasteiger partial charge is 0.457 e. The second-order valence-electron chi connectivity index (χ2n) is 7.08. The van der Waals surface area contributed by atoms with Gasteiger partial charge in [0.25, 0.3) is 0 Å². The Morgan fingerprint density at radius 1 is 0.900 bits per heavy atom. The minimum absolute atomic E-state index is 0.0963. The van der Waals surface area contributed by atoms with Crippen LogP contribution in [0.5, 0.6) is 11.5 Å². The van der Waals surface area contributed by atoms with Crippen LogP contribution in [0.4, 0.5) is 5.69 Å². The van der Waals surface area contributed by atoms with Crippen molar-refractivity contribution in [3.05, 3.63) is 96.2 Å². The van der Waals surface area contributed by atoms with E-state index in [9.17, 15) is 9.59 Å². The first-order chi connectivity index (χ1) is 14.6. The van der Waals surface area contributed by atoms with E-state index < -0.39 is 0 Å². The lowest BCUT2D eigenvalue weighted by Gasteiger charge is -2.32. The predicted octanol–water partition coefficient (Wildman–Crippen LogP) is 5.38. The van der Waals surface area contributed by atoms with Crippen molar-refractivity contribution < 1.29 is 14.3 Å². The molecular formula is C25H22N2O3. The van der Waals surface area contributed by atoms with Gasteiger partial charge in [-0.25, -0.2) is 0 Å². The number of hydrogen-bond acceptors (Lipinski definition) is 3. The minimum Gasteiger partial charge on any atom is -0.457 e. The van der Waals surface area contributed by atoms with Gasteiger partial charge in [0.1, 0.15) is 11.5 Å². The van der Waals surface area contributed by atoms with E-state index in [1.165, 1.54) is 6.92 Å². The summed E-state index contributed by atoms with van der Waals surface area (Å²) in [4.78, 5) is 26.4. The van der Waals surface area contributed by atoms with Gasteiger partial charge >= 0.3 is 0 Å². The summed E-state index contributed by atoms with van der Waals surface area (Å²) in [5.74, 6) is 1.19. The lowest BCUT2D eigenvalue weighted by atomic mass is 9.93. The molecule has 2 amide bonds. The van der Waals surface area contributed by atoms with Crippen LogP contribution in [-0.2, 0) is 9.59 Å². The van der Waals surface area contributed by atoms with Gasteiger partial charge in [-0.3, -0.25) is 9.59 Å². The van der Waals surface area contributed by atoms with Crippen LogP contribution in [0.1, 0.15) is 30.5 Å². The third-order valence-corrected chi connectivity index (χ3v) is 4.96. The second-order valence-corrected chi connectivity index (χ2v) is 7.08. The fraction of sp³-hybridized carbons (Fsp3) is 0.120. The molecule has 0 unspecified atom stereocenters. The summed E-state index contributed by atoms with van der Waals surface area (Å²) in [5.41, 5.74) is 2.67. The number of carbonyl (C=O) groups is 2. The van der Waals surface area contributed by atoms with E-state index in [4.69, 9.17) is 4.74 Å². The zero-order valence-electron chi connectivity index (χ0n) is 16.6. The molecule has 30 heavy (non-hydrogen) atoms. The molecule has 5 nitrogen and oxygen atoms in total. The second kappa shape index (κ2) is 8.66. The van der Waals surface area contributed by atoms with Crippen LogP contribution in [0.15, 0.2) is 85.1 Å². The van der Waals surface area contributed by atoms with Gasteiger partial charge in [0.2, 0.25) is 11.8 Å². The SMILES string of the molecule is CC(=O)N1C=Cc2ccccc2[C@H]1CC(=O)Nc1ccc(Oc2ccccc2)cc1. The molecule has 0 radical (unpaired) electrons. The highest BCUT2D eigenvalue weighted by Gasteiger charge is 2.28. The Morgan fingerprint density at radius 3 is 2.30 bits per heavy atom. The molecule has 1 heterocycles. The van der Waals surface area contributed by atoms with Crippen LogP contribution in [-0.4, -0.2) is 16.7 Å². The number of ether oxygens (including phenoxy) is 1. The van der Waals surface area contributed by atoms with E-state index in [0.29, 0.717) is 11.4 Å². The molecule has 1 aliphatic heterocycles. The first kappa shape index (κ1) is 19.5. The zero-order chi connectivity index (χ0) is 20.9. The van der Waals surface area contributed by atoms with Gasteiger partial charge in [-0.15, -0.1) is 0 Å². The molecule has 3 aromatic carbocycles. The summed E-state index contributed by atoms with van der Waals surface area (Å²) in [6, 6.07) is 24.2. The van der Waals surface area contributed by atoms with Crippen molar-refractivity contribution in [2.24, 2.45) is 0 Å². The average Bonchev–Trinajstić information content (AvgIpc) is 2.76. The maximum absolute atomic E-state index is 12.7. The molecule has 0 saturated carbocycles. The summed E-state index contributed by atoms with van der Waals surface area (Å²) < 4.78 is 5.77. The third-order valence-electron chi connectivity index (χ3n) is 4.96. The molecule has 1 atom stereocenters. The van der Waals surface area contributed by atoms with Gasteiger partial charge in [0.15, 0.2) is 0 Å². The number of benzene rings is 3. The molecule has 3 aromatic rings. The number of carbonyl (C=O) groups excluding carboxylic acids is 2. The standard InChI is InChI=1S/C25H22N2O3/c1-18(28)27-16-15-19-7-5-6-10-23(19)24(27)17-25(29)26-20-11-13-22(14-12-20)30-21-8-3-2-4-9-21/h2-16,24H,17H2,1H3,(H,26,29)/t24-/m1/s1. The van der Waals surface area contributed by atoms with Crippen LogP contribution >= 0.6 is 0 Å². The van der Waals surface area contributed by atoms with Crippen molar-refractivity contribution in [3.63, 3.8) is 0 Å². The number of anilines is 1. The Hall–Kier alpha value is -3.86. The number of amides is 2. The highest BCUT2D eigenvalue weighted by atomic mass is 16.5. The lowest BCUT2D eigenvalue weighted by Crippen LogP contribution is -2.33. The average molecular weight is 398 g/mol. The van der Waals surface area contributed by atoms with Gasteiger partial charge in [-0.05, 0) is 53.6 Å². The van der Waals surface area contributed by atoms with Gasteiger partial charge in [-0.1, -0.05) is 42.5 Å². The number of rotatable bonds is 5. The maximum Gasteiger partial charge on any atom is 0.226 e. The Kier molecular flexibility index (Phi) is 5.61. The van der Waals surface area contributed by atoms with E-state index in [1.54, 1.807) is 23.2 Å². The number of para-hydroxylation sites is 1. The van der Waals surface area contributed by atoms with Gasteiger partial charge in [-0.2, -0.15) is 0 Å². The zero-order valence-corrected chi connectivity index (χ0v) is 16.6. The summed E-state index contributed by atoms with van der Waals surface area (Å²) in [6.45, 7) is 1.51. The molecule has 0 bridgehead atoms. The van der Waals surface area contributed by atoms with E-state index in [1.807, 2.05) is 72.8 Å². The monoisotopic (exact) mass is 398 g/mol. The van der Waals surface area contributed by atoms with E-state index in [0.717, 1.165) is 16.9 Å².